The third-order valence-electron chi connectivity index (χ3n) is 2.45. The van der Waals surface area contributed by atoms with Crippen molar-refractivity contribution < 1.29 is 0 Å². The Labute approximate surface area is 101 Å². The number of rotatable bonds is 5. The van der Waals surface area contributed by atoms with Crippen LogP contribution in [0.2, 0.25) is 0 Å². The Morgan fingerprint density at radius 1 is 1.06 bits per heavy atom. The molecule has 2 aromatic heterocycles. The van der Waals surface area contributed by atoms with Crippen LogP contribution < -0.4 is 5.32 Å². The van der Waals surface area contributed by atoms with Gasteiger partial charge in [0.1, 0.15) is 5.82 Å². The Morgan fingerprint density at radius 3 is 2.41 bits per heavy atom. The van der Waals surface area contributed by atoms with E-state index in [9.17, 15) is 0 Å². The monoisotopic (exact) mass is 228 g/mol. The first kappa shape index (κ1) is 11.7. The molecular weight excluding hydrogens is 212 g/mol. The van der Waals surface area contributed by atoms with Crippen molar-refractivity contribution in [1.82, 2.24) is 20.3 Å². The highest BCUT2D eigenvalue weighted by Crippen LogP contribution is 2.04. The second kappa shape index (κ2) is 6.06. The number of nitrogens with zero attached hydrogens (tertiary/aromatic N) is 3. The topological polar surface area (TPSA) is 50.7 Å². The lowest BCUT2D eigenvalue weighted by Crippen LogP contribution is -2.12. The predicted molar refractivity (Wildman–Crippen MR) is 66.5 cm³/mol. The summed E-state index contributed by atoms with van der Waals surface area (Å²) >= 11 is 0. The molecule has 88 valence electrons. The van der Waals surface area contributed by atoms with Gasteiger partial charge in [-0.25, -0.2) is 9.97 Å². The van der Waals surface area contributed by atoms with Crippen molar-refractivity contribution in [2.45, 2.75) is 19.9 Å². The van der Waals surface area contributed by atoms with Gasteiger partial charge in [0, 0.05) is 43.3 Å². The third kappa shape index (κ3) is 3.60. The highest BCUT2D eigenvalue weighted by Gasteiger charge is 1.99. The van der Waals surface area contributed by atoms with Crippen LogP contribution in [-0.2, 0) is 13.0 Å². The van der Waals surface area contributed by atoms with Gasteiger partial charge >= 0.3 is 0 Å². The number of hydrogen-bond acceptors (Lipinski definition) is 4. The lowest BCUT2D eigenvalue weighted by atomic mass is 10.2. The van der Waals surface area contributed by atoms with Crippen molar-refractivity contribution in [3.05, 3.63) is 53.9 Å². The fourth-order valence-corrected chi connectivity index (χ4v) is 1.52. The van der Waals surface area contributed by atoms with Crippen LogP contribution >= 0.6 is 0 Å². The molecule has 17 heavy (non-hydrogen) atoms. The minimum atomic E-state index is 0.754. The van der Waals surface area contributed by atoms with E-state index in [0.29, 0.717) is 0 Å². The normalized spacial score (nSPS) is 10.4. The number of hydrogen-bond donors (Lipinski definition) is 1. The van der Waals surface area contributed by atoms with E-state index < -0.39 is 0 Å². The SMILES string of the molecule is CCNCc1cnc(Cc2ccncc2)nc1. The summed E-state index contributed by atoms with van der Waals surface area (Å²) in [5.41, 5.74) is 2.30. The number of nitrogens with one attached hydrogen (secondary N) is 1. The fraction of sp³-hybridized carbons (Fsp3) is 0.308. The van der Waals surface area contributed by atoms with Crippen molar-refractivity contribution in [2.75, 3.05) is 6.54 Å². The van der Waals surface area contributed by atoms with Crippen LogP contribution in [0, 0.1) is 0 Å². The van der Waals surface area contributed by atoms with E-state index in [1.54, 1.807) is 12.4 Å². The van der Waals surface area contributed by atoms with E-state index in [2.05, 4.69) is 27.2 Å². The average molecular weight is 228 g/mol. The van der Waals surface area contributed by atoms with Gasteiger partial charge in [0.05, 0.1) is 0 Å². The molecule has 0 aromatic carbocycles. The average Bonchev–Trinajstić information content (AvgIpc) is 2.39. The van der Waals surface area contributed by atoms with Crippen molar-refractivity contribution in [3.8, 4) is 0 Å². The van der Waals surface area contributed by atoms with E-state index in [1.807, 2.05) is 24.5 Å². The van der Waals surface area contributed by atoms with E-state index in [-0.39, 0.29) is 0 Å². The van der Waals surface area contributed by atoms with Crippen LogP contribution in [0.5, 0.6) is 0 Å². The molecule has 4 heteroatoms. The van der Waals surface area contributed by atoms with Gasteiger partial charge in [-0.1, -0.05) is 6.92 Å². The molecule has 2 aromatic rings. The quantitative estimate of drug-likeness (QED) is 0.844. The minimum Gasteiger partial charge on any atom is -0.313 e. The van der Waals surface area contributed by atoms with Crippen LogP contribution in [0.4, 0.5) is 0 Å². The summed E-state index contributed by atoms with van der Waals surface area (Å²) in [7, 11) is 0. The zero-order valence-electron chi connectivity index (χ0n) is 9.93. The largest absolute Gasteiger partial charge is 0.313 e. The molecule has 0 aliphatic heterocycles. The summed E-state index contributed by atoms with van der Waals surface area (Å²) in [5, 5.41) is 3.25. The van der Waals surface area contributed by atoms with Gasteiger partial charge < -0.3 is 5.32 Å². The highest BCUT2D eigenvalue weighted by molar-refractivity contribution is 5.16. The maximum atomic E-state index is 4.36. The van der Waals surface area contributed by atoms with Gasteiger partial charge in [-0.15, -0.1) is 0 Å². The van der Waals surface area contributed by atoms with Gasteiger partial charge in [-0.05, 0) is 24.2 Å². The Morgan fingerprint density at radius 2 is 1.76 bits per heavy atom. The molecule has 4 nitrogen and oxygen atoms in total. The molecule has 0 radical (unpaired) electrons. The molecular formula is C13H16N4. The Balaban J connectivity index is 1.98. The van der Waals surface area contributed by atoms with Gasteiger partial charge in [-0.3, -0.25) is 4.98 Å². The lowest BCUT2D eigenvalue weighted by molar-refractivity contribution is 0.718. The molecule has 0 saturated carbocycles. The molecule has 0 atom stereocenters. The second-order valence-electron chi connectivity index (χ2n) is 3.82. The van der Waals surface area contributed by atoms with Gasteiger partial charge in [-0.2, -0.15) is 0 Å². The first-order valence-corrected chi connectivity index (χ1v) is 5.78. The fourth-order valence-electron chi connectivity index (χ4n) is 1.52. The molecule has 0 fully saturated rings. The van der Waals surface area contributed by atoms with Crippen molar-refractivity contribution in [3.63, 3.8) is 0 Å². The molecule has 0 saturated heterocycles. The second-order valence-corrected chi connectivity index (χ2v) is 3.82. The first-order chi connectivity index (χ1) is 8.38. The molecule has 2 heterocycles. The van der Waals surface area contributed by atoms with Crippen LogP contribution in [0.25, 0.3) is 0 Å². The lowest BCUT2D eigenvalue weighted by Gasteiger charge is -2.03. The summed E-state index contributed by atoms with van der Waals surface area (Å²) in [4.78, 5) is 12.7. The summed E-state index contributed by atoms with van der Waals surface area (Å²) in [6, 6.07) is 3.96. The number of pyridine rings is 1. The number of aromatic nitrogens is 3. The summed E-state index contributed by atoms with van der Waals surface area (Å²) in [6.45, 7) is 3.86. The van der Waals surface area contributed by atoms with Crippen LogP contribution in [-0.4, -0.2) is 21.5 Å². The van der Waals surface area contributed by atoms with E-state index >= 15 is 0 Å². The first-order valence-electron chi connectivity index (χ1n) is 5.78. The predicted octanol–water partition coefficient (Wildman–Crippen LogP) is 1.57. The molecule has 0 unspecified atom stereocenters. The van der Waals surface area contributed by atoms with Gasteiger partial charge in [0.25, 0.3) is 0 Å². The smallest absolute Gasteiger partial charge is 0.132 e. The Bertz CT molecular complexity index is 439. The van der Waals surface area contributed by atoms with Gasteiger partial charge in [0.15, 0.2) is 0 Å². The van der Waals surface area contributed by atoms with E-state index in [0.717, 1.165) is 30.9 Å². The highest BCUT2D eigenvalue weighted by atomic mass is 14.9. The molecule has 0 bridgehead atoms. The standard InChI is InChI=1S/C13H16N4/c1-2-14-8-12-9-16-13(17-10-12)7-11-3-5-15-6-4-11/h3-6,9-10,14H,2,7-8H2,1H3. The maximum absolute atomic E-state index is 4.36. The molecule has 2 rings (SSSR count). The molecule has 0 amide bonds. The van der Waals surface area contributed by atoms with Crippen molar-refractivity contribution >= 4 is 0 Å². The van der Waals surface area contributed by atoms with E-state index in [4.69, 9.17) is 0 Å². The molecule has 0 aliphatic rings. The third-order valence-corrected chi connectivity index (χ3v) is 2.45. The molecule has 0 aliphatic carbocycles. The Hall–Kier alpha value is -1.81. The summed E-state index contributed by atoms with van der Waals surface area (Å²) in [5.74, 6) is 0.844. The van der Waals surface area contributed by atoms with E-state index in [1.165, 1.54) is 5.56 Å². The summed E-state index contributed by atoms with van der Waals surface area (Å²) in [6.07, 6.45) is 8.09. The maximum Gasteiger partial charge on any atom is 0.132 e. The van der Waals surface area contributed by atoms with Gasteiger partial charge in [0.2, 0.25) is 0 Å². The van der Waals surface area contributed by atoms with Crippen molar-refractivity contribution in [1.29, 1.82) is 0 Å². The van der Waals surface area contributed by atoms with Crippen LogP contribution in [0.3, 0.4) is 0 Å². The summed E-state index contributed by atoms with van der Waals surface area (Å²) < 4.78 is 0. The van der Waals surface area contributed by atoms with Crippen LogP contribution in [0.15, 0.2) is 36.9 Å². The Kier molecular flexibility index (Phi) is 4.16. The zero-order valence-corrected chi connectivity index (χ0v) is 9.93. The molecule has 1 N–H and O–H groups in total. The minimum absolute atomic E-state index is 0.754. The zero-order chi connectivity index (χ0) is 11.9. The molecule has 0 spiro atoms. The van der Waals surface area contributed by atoms with Crippen molar-refractivity contribution in [2.24, 2.45) is 0 Å². The van der Waals surface area contributed by atoms with Crippen LogP contribution in [0.1, 0.15) is 23.9 Å².